The maximum atomic E-state index is 12.6. The maximum absolute atomic E-state index is 12.6. The molecule has 0 unspecified atom stereocenters. The molecular weight excluding hydrogens is 304 g/mol. The number of ether oxygens (including phenoxy) is 1. The molecule has 1 atom stereocenters. The Kier molecular flexibility index (Phi) is 4.93. The Morgan fingerprint density at radius 3 is 2.46 bits per heavy atom. The summed E-state index contributed by atoms with van der Waals surface area (Å²) >= 11 is 0. The summed E-state index contributed by atoms with van der Waals surface area (Å²) in [4.78, 5) is 25.0. The van der Waals surface area contributed by atoms with Crippen molar-refractivity contribution in [1.82, 2.24) is 14.9 Å². The van der Waals surface area contributed by atoms with Crippen LogP contribution in [0.5, 0.6) is 5.75 Å². The van der Waals surface area contributed by atoms with Crippen molar-refractivity contribution in [2.75, 3.05) is 31.1 Å². The molecule has 0 spiro atoms. The number of nitrogens with zero attached hydrogens (tertiary/aromatic N) is 4. The van der Waals surface area contributed by atoms with Gasteiger partial charge in [0.25, 0.3) is 5.91 Å². The number of carbonyl (C=O) groups is 1. The number of aromatic nitrogens is 2. The first-order chi connectivity index (χ1) is 11.6. The average molecular weight is 326 g/mol. The van der Waals surface area contributed by atoms with Crippen molar-refractivity contribution < 1.29 is 9.53 Å². The lowest BCUT2D eigenvalue weighted by Gasteiger charge is -2.36. The standard InChI is InChI=1S/C18H22N4O2/c1-14-3-5-16(6-4-14)24-15(2)18(23)22-11-9-21(10-12-22)17-13-19-7-8-20-17/h3-8,13,15H,9-12H2,1-2H3/t15-/m1/s1. The highest BCUT2D eigenvalue weighted by molar-refractivity contribution is 5.81. The van der Waals surface area contributed by atoms with Crippen molar-refractivity contribution >= 4 is 11.7 Å². The summed E-state index contributed by atoms with van der Waals surface area (Å²) in [5.41, 5.74) is 1.17. The van der Waals surface area contributed by atoms with Crippen LogP contribution >= 0.6 is 0 Å². The molecule has 126 valence electrons. The van der Waals surface area contributed by atoms with Crippen LogP contribution in [0.25, 0.3) is 0 Å². The molecule has 1 aromatic carbocycles. The van der Waals surface area contributed by atoms with Crippen LogP contribution in [0.1, 0.15) is 12.5 Å². The Morgan fingerprint density at radius 1 is 1.12 bits per heavy atom. The Labute approximate surface area is 142 Å². The predicted molar refractivity (Wildman–Crippen MR) is 92.1 cm³/mol. The molecule has 6 heteroatoms. The van der Waals surface area contributed by atoms with Gasteiger partial charge in [-0.1, -0.05) is 17.7 Å². The first-order valence-electron chi connectivity index (χ1n) is 8.16. The average Bonchev–Trinajstić information content (AvgIpc) is 2.64. The number of rotatable bonds is 4. The van der Waals surface area contributed by atoms with E-state index in [0.29, 0.717) is 13.1 Å². The van der Waals surface area contributed by atoms with Gasteiger partial charge in [-0.15, -0.1) is 0 Å². The largest absolute Gasteiger partial charge is 0.481 e. The van der Waals surface area contributed by atoms with Gasteiger partial charge >= 0.3 is 0 Å². The number of aryl methyl sites for hydroxylation is 1. The summed E-state index contributed by atoms with van der Waals surface area (Å²) in [6.07, 6.45) is 4.61. The van der Waals surface area contributed by atoms with Gasteiger partial charge in [0.05, 0.1) is 6.20 Å². The molecule has 1 amide bonds. The zero-order chi connectivity index (χ0) is 16.9. The molecule has 6 nitrogen and oxygen atoms in total. The van der Waals surface area contributed by atoms with Crippen LogP contribution in [0, 0.1) is 6.92 Å². The van der Waals surface area contributed by atoms with E-state index in [4.69, 9.17) is 4.74 Å². The summed E-state index contributed by atoms with van der Waals surface area (Å²) in [5, 5.41) is 0. The van der Waals surface area contributed by atoms with Crippen molar-refractivity contribution in [3.05, 3.63) is 48.4 Å². The lowest BCUT2D eigenvalue weighted by atomic mass is 10.2. The third-order valence-electron chi connectivity index (χ3n) is 4.15. The SMILES string of the molecule is Cc1ccc(O[C@H](C)C(=O)N2CCN(c3cnccn3)CC2)cc1. The van der Waals surface area contributed by atoms with Gasteiger partial charge in [0, 0.05) is 38.6 Å². The van der Waals surface area contributed by atoms with Crippen molar-refractivity contribution in [1.29, 1.82) is 0 Å². The fraction of sp³-hybridized carbons (Fsp3) is 0.389. The van der Waals surface area contributed by atoms with Crippen LogP contribution in [-0.2, 0) is 4.79 Å². The third kappa shape index (κ3) is 3.82. The summed E-state index contributed by atoms with van der Waals surface area (Å²) in [6, 6.07) is 7.74. The van der Waals surface area contributed by atoms with Crippen LogP contribution in [-0.4, -0.2) is 53.1 Å². The number of benzene rings is 1. The Balaban J connectivity index is 1.53. The van der Waals surface area contributed by atoms with E-state index in [2.05, 4.69) is 14.9 Å². The molecule has 0 aliphatic carbocycles. The molecule has 1 aromatic heterocycles. The van der Waals surface area contributed by atoms with E-state index in [0.717, 1.165) is 24.7 Å². The van der Waals surface area contributed by atoms with E-state index in [9.17, 15) is 4.79 Å². The highest BCUT2D eigenvalue weighted by Crippen LogP contribution is 2.16. The van der Waals surface area contributed by atoms with Crippen LogP contribution in [0.4, 0.5) is 5.82 Å². The van der Waals surface area contributed by atoms with Gasteiger partial charge < -0.3 is 14.5 Å². The highest BCUT2D eigenvalue weighted by atomic mass is 16.5. The van der Waals surface area contributed by atoms with E-state index < -0.39 is 6.10 Å². The molecule has 0 bridgehead atoms. The minimum absolute atomic E-state index is 0.0226. The normalized spacial score (nSPS) is 15.9. The fourth-order valence-corrected chi connectivity index (χ4v) is 2.74. The van der Waals surface area contributed by atoms with Gasteiger partial charge in [-0.05, 0) is 26.0 Å². The zero-order valence-electron chi connectivity index (χ0n) is 14.1. The molecule has 0 radical (unpaired) electrons. The van der Waals surface area contributed by atoms with E-state index >= 15 is 0 Å². The number of hydrogen-bond donors (Lipinski definition) is 0. The van der Waals surface area contributed by atoms with E-state index in [1.807, 2.05) is 36.1 Å². The first-order valence-corrected chi connectivity index (χ1v) is 8.16. The summed E-state index contributed by atoms with van der Waals surface area (Å²) < 4.78 is 5.77. The fourth-order valence-electron chi connectivity index (χ4n) is 2.74. The highest BCUT2D eigenvalue weighted by Gasteiger charge is 2.26. The van der Waals surface area contributed by atoms with E-state index in [1.54, 1.807) is 25.5 Å². The van der Waals surface area contributed by atoms with Gasteiger partial charge in [0.2, 0.25) is 0 Å². The molecule has 1 aliphatic heterocycles. The van der Waals surface area contributed by atoms with Crippen LogP contribution in [0.15, 0.2) is 42.9 Å². The Hall–Kier alpha value is -2.63. The molecule has 3 rings (SSSR count). The second-order valence-corrected chi connectivity index (χ2v) is 5.95. The van der Waals surface area contributed by atoms with Gasteiger partial charge in [0.15, 0.2) is 6.10 Å². The van der Waals surface area contributed by atoms with Crippen LogP contribution in [0.3, 0.4) is 0 Å². The van der Waals surface area contributed by atoms with Crippen molar-refractivity contribution in [2.24, 2.45) is 0 Å². The third-order valence-corrected chi connectivity index (χ3v) is 4.15. The summed E-state index contributed by atoms with van der Waals surface area (Å²) in [6.45, 7) is 6.66. The molecule has 1 fully saturated rings. The van der Waals surface area contributed by atoms with Crippen LogP contribution in [0.2, 0.25) is 0 Å². The number of piperazine rings is 1. The second-order valence-electron chi connectivity index (χ2n) is 5.95. The molecule has 0 saturated carbocycles. The number of amides is 1. The van der Waals surface area contributed by atoms with E-state index in [1.165, 1.54) is 5.56 Å². The quantitative estimate of drug-likeness (QED) is 0.859. The lowest BCUT2D eigenvalue weighted by molar-refractivity contribution is -0.138. The lowest BCUT2D eigenvalue weighted by Crippen LogP contribution is -2.52. The van der Waals surface area contributed by atoms with Gasteiger partial charge in [-0.3, -0.25) is 9.78 Å². The smallest absolute Gasteiger partial charge is 0.263 e. The van der Waals surface area contributed by atoms with E-state index in [-0.39, 0.29) is 5.91 Å². The molecule has 1 aliphatic rings. The summed E-state index contributed by atoms with van der Waals surface area (Å²) in [5.74, 6) is 1.60. The minimum Gasteiger partial charge on any atom is -0.481 e. The number of carbonyl (C=O) groups excluding carboxylic acids is 1. The predicted octanol–water partition coefficient (Wildman–Crippen LogP) is 1.90. The summed E-state index contributed by atoms with van der Waals surface area (Å²) in [7, 11) is 0. The number of hydrogen-bond acceptors (Lipinski definition) is 5. The van der Waals surface area contributed by atoms with Crippen molar-refractivity contribution in [2.45, 2.75) is 20.0 Å². The van der Waals surface area contributed by atoms with Gasteiger partial charge in [-0.2, -0.15) is 0 Å². The van der Waals surface area contributed by atoms with Gasteiger partial charge in [-0.25, -0.2) is 4.98 Å². The first kappa shape index (κ1) is 16.2. The number of anilines is 1. The Morgan fingerprint density at radius 2 is 1.83 bits per heavy atom. The molecule has 0 N–H and O–H groups in total. The maximum Gasteiger partial charge on any atom is 0.263 e. The van der Waals surface area contributed by atoms with Crippen LogP contribution < -0.4 is 9.64 Å². The molecular formula is C18H22N4O2. The monoisotopic (exact) mass is 326 g/mol. The topological polar surface area (TPSA) is 58.6 Å². The molecule has 24 heavy (non-hydrogen) atoms. The molecule has 2 heterocycles. The molecule has 2 aromatic rings. The van der Waals surface area contributed by atoms with Crippen molar-refractivity contribution in [3.8, 4) is 5.75 Å². The second kappa shape index (κ2) is 7.29. The van der Waals surface area contributed by atoms with Crippen molar-refractivity contribution in [3.63, 3.8) is 0 Å². The minimum atomic E-state index is -0.490. The zero-order valence-corrected chi connectivity index (χ0v) is 14.1. The molecule has 1 saturated heterocycles. The van der Waals surface area contributed by atoms with Gasteiger partial charge in [0.1, 0.15) is 11.6 Å². The Bertz CT molecular complexity index is 667.